The van der Waals surface area contributed by atoms with Gasteiger partial charge in [-0.1, -0.05) is 18.2 Å². The summed E-state index contributed by atoms with van der Waals surface area (Å²) in [7, 11) is 5.13. The van der Waals surface area contributed by atoms with Crippen molar-refractivity contribution in [2.75, 3.05) is 14.1 Å². The molecule has 0 radical (unpaired) electrons. The van der Waals surface area contributed by atoms with E-state index in [0.29, 0.717) is 10.9 Å². The quantitative estimate of drug-likeness (QED) is 0.720. The number of amides is 1. The molecule has 0 aliphatic heterocycles. The first-order valence-corrected chi connectivity index (χ1v) is 6.20. The number of aryl methyl sites for hydroxylation is 1. The number of aromatic amines is 1. The van der Waals surface area contributed by atoms with Crippen LogP contribution in [0.3, 0.4) is 0 Å². The Labute approximate surface area is 114 Å². The number of rotatable bonds is 1. The average Bonchev–Trinajstić information content (AvgIpc) is 2.74. The molecule has 0 saturated carbocycles. The Bertz CT molecular complexity index is 889. The van der Waals surface area contributed by atoms with Crippen molar-refractivity contribution in [3.63, 3.8) is 0 Å². The topological polar surface area (TPSA) is 71.0 Å². The molecule has 6 heteroatoms. The lowest BCUT2D eigenvalue weighted by molar-refractivity contribution is 0.0823. The Morgan fingerprint density at radius 1 is 1.30 bits per heavy atom. The van der Waals surface area contributed by atoms with E-state index in [-0.39, 0.29) is 17.2 Å². The van der Waals surface area contributed by atoms with Crippen molar-refractivity contribution in [1.82, 2.24) is 19.7 Å². The molecule has 20 heavy (non-hydrogen) atoms. The van der Waals surface area contributed by atoms with Crippen molar-refractivity contribution in [2.45, 2.75) is 0 Å². The first-order chi connectivity index (χ1) is 9.52. The number of para-hydroxylation sites is 1. The Morgan fingerprint density at radius 2 is 2.00 bits per heavy atom. The number of benzene rings is 1. The molecule has 1 aromatic carbocycles. The van der Waals surface area contributed by atoms with Crippen LogP contribution in [0, 0.1) is 0 Å². The van der Waals surface area contributed by atoms with Crippen LogP contribution in [0.5, 0.6) is 0 Å². The molecule has 0 atom stereocenters. The molecule has 0 unspecified atom stereocenters. The fourth-order valence-electron chi connectivity index (χ4n) is 2.48. The maximum atomic E-state index is 12.3. The summed E-state index contributed by atoms with van der Waals surface area (Å²) < 4.78 is 1.79. The second kappa shape index (κ2) is 4.19. The number of nitrogens with one attached hydrogen (secondary N) is 1. The maximum absolute atomic E-state index is 12.3. The van der Waals surface area contributed by atoms with Crippen LogP contribution in [0.15, 0.2) is 29.1 Å². The maximum Gasteiger partial charge on any atom is 0.288 e. The van der Waals surface area contributed by atoms with Gasteiger partial charge in [0.2, 0.25) is 0 Å². The molecule has 1 N–H and O–H groups in total. The van der Waals surface area contributed by atoms with Crippen molar-refractivity contribution in [1.29, 1.82) is 0 Å². The zero-order chi connectivity index (χ0) is 14.4. The van der Waals surface area contributed by atoms with Crippen molar-refractivity contribution in [3.05, 3.63) is 40.3 Å². The van der Waals surface area contributed by atoms with E-state index in [1.54, 1.807) is 18.7 Å². The number of H-pyrrole nitrogens is 1. The molecule has 1 amide bonds. The minimum atomic E-state index is -0.297. The molecule has 3 rings (SSSR count). The lowest BCUT2D eigenvalue weighted by atomic mass is 10.1. The van der Waals surface area contributed by atoms with Crippen LogP contribution in [0.25, 0.3) is 21.8 Å². The molecule has 102 valence electrons. The number of aromatic nitrogens is 3. The van der Waals surface area contributed by atoms with Crippen LogP contribution in [0.4, 0.5) is 0 Å². The molecule has 0 bridgehead atoms. The SMILES string of the molecule is CN(C)C(=O)c1n[nH]c(=O)c2c1c1ccccc1n2C. The van der Waals surface area contributed by atoms with E-state index < -0.39 is 0 Å². The van der Waals surface area contributed by atoms with E-state index in [9.17, 15) is 9.59 Å². The Kier molecular flexibility index (Phi) is 2.60. The van der Waals surface area contributed by atoms with Gasteiger partial charge in [-0.05, 0) is 6.07 Å². The lowest BCUT2D eigenvalue weighted by Crippen LogP contribution is -2.25. The number of hydrogen-bond acceptors (Lipinski definition) is 3. The van der Waals surface area contributed by atoms with E-state index in [2.05, 4.69) is 10.2 Å². The number of hydrogen-bond donors (Lipinski definition) is 1. The van der Waals surface area contributed by atoms with Gasteiger partial charge in [0.25, 0.3) is 11.5 Å². The molecular formula is C14H14N4O2. The van der Waals surface area contributed by atoms with Crippen molar-refractivity contribution >= 4 is 27.7 Å². The average molecular weight is 270 g/mol. The first kappa shape index (κ1) is 12.4. The molecule has 2 aromatic heterocycles. The predicted molar refractivity (Wildman–Crippen MR) is 76.9 cm³/mol. The zero-order valence-corrected chi connectivity index (χ0v) is 11.5. The van der Waals surface area contributed by atoms with E-state index in [1.807, 2.05) is 31.3 Å². The minimum absolute atomic E-state index is 0.234. The summed E-state index contributed by atoms with van der Waals surface area (Å²) in [4.78, 5) is 25.8. The normalized spacial score (nSPS) is 11.2. The number of carbonyl (C=O) groups excluding carboxylic acids is 1. The van der Waals surface area contributed by atoms with E-state index in [1.165, 1.54) is 4.90 Å². The third kappa shape index (κ3) is 1.54. The van der Waals surface area contributed by atoms with Gasteiger partial charge in [-0.2, -0.15) is 5.10 Å². The highest BCUT2D eigenvalue weighted by atomic mass is 16.2. The Balaban J connectivity index is 2.57. The van der Waals surface area contributed by atoms with Crippen LogP contribution in [0.1, 0.15) is 10.5 Å². The van der Waals surface area contributed by atoms with Crippen molar-refractivity contribution in [3.8, 4) is 0 Å². The molecule has 0 fully saturated rings. The summed E-state index contributed by atoms with van der Waals surface area (Å²) >= 11 is 0. The fraction of sp³-hybridized carbons (Fsp3) is 0.214. The predicted octanol–water partition coefficient (Wildman–Crippen LogP) is 1.12. The van der Waals surface area contributed by atoms with Crippen LogP contribution >= 0.6 is 0 Å². The summed E-state index contributed by atoms with van der Waals surface area (Å²) in [6.07, 6.45) is 0. The standard InChI is InChI=1S/C14H14N4O2/c1-17(2)14(20)11-10-8-6-4-5-7-9(8)18(3)12(10)13(19)16-15-11/h4-7H,1-3H3,(H,16,19). The van der Waals surface area contributed by atoms with Gasteiger partial charge in [-0.3, -0.25) is 9.59 Å². The first-order valence-electron chi connectivity index (χ1n) is 6.20. The number of carbonyl (C=O) groups is 1. The van der Waals surface area contributed by atoms with Gasteiger partial charge in [0, 0.05) is 37.4 Å². The summed E-state index contributed by atoms with van der Waals surface area (Å²) in [5.41, 5.74) is 1.33. The number of nitrogens with zero attached hydrogens (tertiary/aromatic N) is 3. The van der Waals surface area contributed by atoms with E-state index in [0.717, 1.165) is 10.9 Å². The molecular weight excluding hydrogens is 256 g/mol. The van der Waals surface area contributed by atoms with Gasteiger partial charge in [0.1, 0.15) is 5.52 Å². The van der Waals surface area contributed by atoms with E-state index >= 15 is 0 Å². The molecule has 3 aromatic rings. The van der Waals surface area contributed by atoms with Gasteiger partial charge in [0.05, 0.1) is 0 Å². The fourth-order valence-corrected chi connectivity index (χ4v) is 2.48. The molecule has 0 aliphatic carbocycles. The number of fused-ring (bicyclic) bond motifs is 3. The molecule has 0 spiro atoms. The third-order valence-electron chi connectivity index (χ3n) is 3.44. The van der Waals surface area contributed by atoms with Crippen LogP contribution in [-0.4, -0.2) is 39.7 Å². The zero-order valence-electron chi connectivity index (χ0n) is 11.5. The second-order valence-electron chi connectivity index (χ2n) is 4.90. The van der Waals surface area contributed by atoms with Gasteiger partial charge < -0.3 is 9.47 Å². The summed E-state index contributed by atoms with van der Waals surface area (Å²) in [6.45, 7) is 0. The summed E-state index contributed by atoms with van der Waals surface area (Å²) in [6, 6.07) is 7.59. The summed E-state index contributed by atoms with van der Waals surface area (Å²) in [5, 5.41) is 7.81. The highest BCUT2D eigenvalue weighted by Crippen LogP contribution is 2.27. The largest absolute Gasteiger partial charge is 0.343 e. The molecule has 0 saturated heterocycles. The van der Waals surface area contributed by atoms with Crippen LogP contribution in [-0.2, 0) is 7.05 Å². The second-order valence-corrected chi connectivity index (χ2v) is 4.90. The van der Waals surface area contributed by atoms with Gasteiger partial charge in [-0.25, -0.2) is 5.10 Å². The van der Waals surface area contributed by atoms with Gasteiger partial charge in [0.15, 0.2) is 5.69 Å². The Morgan fingerprint density at radius 3 is 2.70 bits per heavy atom. The highest BCUT2D eigenvalue weighted by molar-refractivity contribution is 6.16. The molecule has 2 heterocycles. The Hall–Kier alpha value is -2.63. The smallest absolute Gasteiger partial charge is 0.288 e. The monoisotopic (exact) mass is 270 g/mol. The third-order valence-corrected chi connectivity index (χ3v) is 3.44. The minimum Gasteiger partial charge on any atom is -0.343 e. The van der Waals surface area contributed by atoms with Crippen molar-refractivity contribution in [2.24, 2.45) is 7.05 Å². The molecule has 6 nitrogen and oxygen atoms in total. The lowest BCUT2D eigenvalue weighted by Gasteiger charge is -2.09. The molecule has 0 aliphatic rings. The van der Waals surface area contributed by atoms with Crippen LogP contribution < -0.4 is 5.56 Å². The van der Waals surface area contributed by atoms with Crippen molar-refractivity contribution < 1.29 is 4.79 Å². The van der Waals surface area contributed by atoms with Gasteiger partial charge in [-0.15, -0.1) is 0 Å². The highest BCUT2D eigenvalue weighted by Gasteiger charge is 2.21. The summed E-state index contributed by atoms with van der Waals surface area (Å²) in [5.74, 6) is -0.234. The van der Waals surface area contributed by atoms with E-state index in [4.69, 9.17) is 0 Å². The van der Waals surface area contributed by atoms with Gasteiger partial charge >= 0.3 is 0 Å². The van der Waals surface area contributed by atoms with Crippen LogP contribution in [0.2, 0.25) is 0 Å².